The Hall–Kier alpha value is -3.52. The first-order valence-corrected chi connectivity index (χ1v) is 13.1. The molecule has 0 saturated heterocycles. The second kappa shape index (κ2) is 11.9. The van der Waals surface area contributed by atoms with E-state index in [2.05, 4.69) is 16.8 Å². The molecule has 3 amide bonds. The third-order valence-corrected chi connectivity index (χ3v) is 7.29. The number of fused-ring (bicyclic) bond motifs is 1. The summed E-state index contributed by atoms with van der Waals surface area (Å²) in [6, 6.07) is 16.7. The van der Waals surface area contributed by atoms with Crippen LogP contribution in [0.2, 0.25) is 0 Å². The molecule has 0 bridgehead atoms. The number of aryl methyl sites for hydroxylation is 1. The van der Waals surface area contributed by atoms with Crippen molar-refractivity contribution < 1.29 is 19.1 Å². The van der Waals surface area contributed by atoms with Crippen LogP contribution >= 0.6 is 11.3 Å². The Morgan fingerprint density at radius 1 is 1.11 bits per heavy atom. The summed E-state index contributed by atoms with van der Waals surface area (Å²) < 4.78 is 11.6. The Bertz CT molecular complexity index is 1180. The molecular formula is C28H33N3O4S. The zero-order valence-corrected chi connectivity index (χ0v) is 21.8. The van der Waals surface area contributed by atoms with Crippen molar-refractivity contribution >= 4 is 29.0 Å². The smallest absolute Gasteiger partial charge is 0.322 e. The van der Waals surface area contributed by atoms with Crippen molar-refractivity contribution in [2.24, 2.45) is 0 Å². The molecule has 190 valence electrons. The highest BCUT2D eigenvalue weighted by Crippen LogP contribution is 2.35. The van der Waals surface area contributed by atoms with Crippen molar-refractivity contribution in [2.75, 3.05) is 38.7 Å². The fourth-order valence-electron chi connectivity index (χ4n) is 4.40. The van der Waals surface area contributed by atoms with Crippen LogP contribution in [0.5, 0.6) is 11.5 Å². The zero-order valence-electron chi connectivity index (χ0n) is 21.0. The molecule has 0 saturated carbocycles. The van der Waals surface area contributed by atoms with Gasteiger partial charge in [-0.15, -0.1) is 11.3 Å². The molecule has 1 atom stereocenters. The first kappa shape index (κ1) is 25.6. The van der Waals surface area contributed by atoms with Crippen molar-refractivity contribution in [1.82, 2.24) is 9.80 Å². The molecule has 0 aliphatic carbocycles. The molecule has 0 unspecified atom stereocenters. The molecule has 1 aromatic heterocycles. The summed E-state index contributed by atoms with van der Waals surface area (Å²) in [6.45, 7) is 5.39. The van der Waals surface area contributed by atoms with Gasteiger partial charge < -0.3 is 24.6 Å². The van der Waals surface area contributed by atoms with E-state index in [0.717, 1.165) is 24.0 Å². The SMILES string of the molecule is CCCN(CC(=O)N1CCc2sccc2[C@H]1COc1ccccc1OC)C(=O)Nc1ccc(C)cc1. The minimum absolute atomic E-state index is 0.0101. The molecule has 2 aromatic carbocycles. The average molecular weight is 508 g/mol. The highest BCUT2D eigenvalue weighted by molar-refractivity contribution is 7.10. The van der Waals surface area contributed by atoms with Gasteiger partial charge in [-0.2, -0.15) is 0 Å². The lowest BCUT2D eigenvalue weighted by atomic mass is 10.0. The van der Waals surface area contributed by atoms with Crippen molar-refractivity contribution in [3.05, 3.63) is 76.0 Å². The van der Waals surface area contributed by atoms with Crippen molar-refractivity contribution in [3.63, 3.8) is 0 Å². The number of rotatable bonds is 9. The minimum atomic E-state index is -0.274. The van der Waals surface area contributed by atoms with E-state index in [1.54, 1.807) is 23.3 Å². The number of carbonyl (C=O) groups is 2. The summed E-state index contributed by atoms with van der Waals surface area (Å²) in [7, 11) is 1.61. The van der Waals surface area contributed by atoms with E-state index >= 15 is 0 Å². The Balaban J connectivity index is 1.48. The van der Waals surface area contributed by atoms with Crippen LogP contribution in [0.3, 0.4) is 0 Å². The second-order valence-corrected chi connectivity index (χ2v) is 9.83. The van der Waals surface area contributed by atoms with Gasteiger partial charge in [0, 0.05) is 23.7 Å². The van der Waals surface area contributed by atoms with Crippen molar-refractivity contribution in [1.29, 1.82) is 0 Å². The van der Waals surface area contributed by atoms with Crippen molar-refractivity contribution in [2.45, 2.75) is 32.7 Å². The number of thiophene rings is 1. The molecule has 8 heteroatoms. The van der Waals surface area contributed by atoms with E-state index in [1.807, 2.05) is 67.3 Å². The zero-order chi connectivity index (χ0) is 25.5. The molecule has 7 nitrogen and oxygen atoms in total. The van der Waals surface area contributed by atoms with Gasteiger partial charge in [0.25, 0.3) is 0 Å². The number of hydrogen-bond donors (Lipinski definition) is 1. The lowest BCUT2D eigenvalue weighted by Crippen LogP contribution is -2.48. The van der Waals surface area contributed by atoms with E-state index in [-0.39, 0.29) is 24.5 Å². The summed E-state index contributed by atoms with van der Waals surface area (Å²) in [5.74, 6) is 1.20. The van der Waals surface area contributed by atoms with Crippen LogP contribution in [-0.4, -0.2) is 55.1 Å². The topological polar surface area (TPSA) is 71.1 Å². The van der Waals surface area contributed by atoms with Crippen LogP contribution in [-0.2, 0) is 11.2 Å². The molecule has 1 aliphatic rings. The van der Waals surface area contributed by atoms with Gasteiger partial charge in [-0.05, 0) is 61.0 Å². The number of benzene rings is 2. The number of para-hydroxylation sites is 2. The molecule has 0 spiro atoms. The molecule has 1 aliphatic heterocycles. The fourth-order valence-corrected chi connectivity index (χ4v) is 5.33. The number of nitrogens with zero attached hydrogens (tertiary/aromatic N) is 2. The molecule has 36 heavy (non-hydrogen) atoms. The lowest BCUT2D eigenvalue weighted by Gasteiger charge is -2.37. The monoisotopic (exact) mass is 507 g/mol. The van der Waals surface area contributed by atoms with Gasteiger partial charge in [-0.3, -0.25) is 4.79 Å². The normalized spacial score (nSPS) is 14.6. The highest BCUT2D eigenvalue weighted by Gasteiger charge is 2.33. The summed E-state index contributed by atoms with van der Waals surface area (Å²) in [6.07, 6.45) is 1.55. The molecule has 0 radical (unpaired) electrons. The average Bonchev–Trinajstić information content (AvgIpc) is 3.37. The van der Waals surface area contributed by atoms with Crippen LogP contribution in [0, 0.1) is 6.92 Å². The number of methoxy groups -OCH3 is 1. The maximum absolute atomic E-state index is 13.6. The molecule has 4 rings (SSSR count). The number of carbonyl (C=O) groups excluding carboxylic acids is 2. The number of anilines is 1. The van der Waals surface area contributed by atoms with E-state index in [9.17, 15) is 9.59 Å². The Kier molecular flexibility index (Phi) is 8.48. The van der Waals surface area contributed by atoms with E-state index in [4.69, 9.17) is 9.47 Å². The maximum atomic E-state index is 13.6. The minimum Gasteiger partial charge on any atom is -0.493 e. The highest BCUT2D eigenvalue weighted by atomic mass is 32.1. The lowest BCUT2D eigenvalue weighted by molar-refractivity contribution is -0.135. The Morgan fingerprint density at radius 2 is 1.86 bits per heavy atom. The molecular weight excluding hydrogens is 474 g/mol. The van der Waals surface area contributed by atoms with Gasteiger partial charge in [-0.1, -0.05) is 36.8 Å². The van der Waals surface area contributed by atoms with E-state index in [0.29, 0.717) is 36.9 Å². The Morgan fingerprint density at radius 3 is 2.58 bits per heavy atom. The first-order valence-electron chi connectivity index (χ1n) is 12.2. The standard InChI is InChI=1S/C28H33N3O4S/c1-4-15-30(28(33)29-21-11-9-20(2)10-12-21)18-27(32)31-16-13-26-22(14-17-36-26)23(31)19-35-25-8-6-5-7-24(25)34-3/h5-12,14,17,23H,4,13,15-16,18-19H2,1-3H3,(H,29,33)/t23-/m1/s1. The third kappa shape index (κ3) is 5.99. The number of amides is 3. The predicted molar refractivity (Wildman–Crippen MR) is 143 cm³/mol. The van der Waals surface area contributed by atoms with Gasteiger partial charge >= 0.3 is 6.03 Å². The molecule has 3 aromatic rings. The molecule has 0 fully saturated rings. The van der Waals surface area contributed by atoms with Crippen LogP contribution in [0.15, 0.2) is 60.0 Å². The van der Waals surface area contributed by atoms with Gasteiger partial charge in [0.15, 0.2) is 11.5 Å². The molecule has 1 N–H and O–H groups in total. The maximum Gasteiger partial charge on any atom is 0.322 e. The van der Waals surface area contributed by atoms with Gasteiger partial charge in [-0.25, -0.2) is 4.79 Å². The number of nitrogens with one attached hydrogen (secondary N) is 1. The molecule has 2 heterocycles. The van der Waals surface area contributed by atoms with E-state index < -0.39 is 0 Å². The number of urea groups is 1. The van der Waals surface area contributed by atoms with Crippen molar-refractivity contribution in [3.8, 4) is 11.5 Å². The van der Waals surface area contributed by atoms with Crippen LogP contribution in [0.1, 0.15) is 35.4 Å². The largest absolute Gasteiger partial charge is 0.493 e. The van der Waals surface area contributed by atoms with Crippen LogP contribution in [0.25, 0.3) is 0 Å². The fraction of sp³-hybridized carbons (Fsp3) is 0.357. The second-order valence-electron chi connectivity index (χ2n) is 8.83. The summed E-state index contributed by atoms with van der Waals surface area (Å²) in [5.41, 5.74) is 2.94. The number of ether oxygens (including phenoxy) is 2. The van der Waals surface area contributed by atoms with Crippen LogP contribution in [0.4, 0.5) is 10.5 Å². The first-order chi connectivity index (χ1) is 17.5. The van der Waals surface area contributed by atoms with Gasteiger partial charge in [0.1, 0.15) is 13.2 Å². The van der Waals surface area contributed by atoms with Gasteiger partial charge in [0.2, 0.25) is 5.91 Å². The summed E-state index contributed by atoms with van der Waals surface area (Å²) >= 11 is 1.71. The quantitative estimate of drug-likeness (QED) is 0.414. The van der Waals surface area contributed by atoms with Gasteiger partial charge in [0.05, 0.1) is 13.2 Å². The third-order valence-electron chi connectivity index (χ3n) is 6.29. The van der Waals surface area contributed by atoms with Crippen LogP contribution < -0.4 is 14.8 Å². The Labute approximate surface area is 216 Å². The number of hydrogen-bond acceptors (Lipinski definition) is 5. The summed E-state index contributed by atoms with van der Waals surface area (Å²) in [4.78, 5) is 31.3. The summed E-state index contributed by atoms with van der Waals surface area (Å²) in [5, 5.41) is 4.99. The predicted octanol–water partition coefficient (Wildman–Crippen LogP) is 5.51. The van der Waals surface area contributed by atoms with E-state index in [1.165, 1.54) is 4.88 Å².